The molecular weight excluding hydrogens is 264 g/mol. The Balaban J connectivity index is 1.83. The lowest BCUT2D eigenvalue weighted by molar-refractivity contribution is 0.0437. The van der Waals surface area contributed by atoms with Crippen LogP contribution in [0.5, 0.6) is 0 Å². The van der Waals surface area contributed by atoms with E-state index >= 15 is 0 Å². The Morgan fingerprint density at radius 1 is 1.19 bits per heavy atom. The number of aliphatic hydroxyl groups is 1. The van der Waals surface area contributed by atoms with Crippen molar-refractivity contribution in [3.05, 3.63) is 42.1 Å². The highest BCUT2D eigenvalue weighted by Crippen LogP contribution is 2.22. The maximum absolute atomic E-state index is 12.6. The van der Waals surface area contributed by atoms with Crippen LogP contribution in [0.2, 0.25) is 0 Å². The lowest BCUT2D eigenvalue weighted by Crippen LogP contribution is -2.34. The second-order valence-electron chi connectivity index (χ2n) is 6.03. The third-order valence-electron chi connectivity index (χ3n) is 4.17. The minimum Gasteiger partial charge on any atom is -0.390 e. The zero-order valence-electron chi connectivity index (χ0n) is 12.2. The van der Waals surface area contributed by atoms with E-state index in [1.54, 1.807) is 11.0 Å². The van der Waals surface area contributed by atoms with Crippen LogP contribution in [0.4, 0.5) is 0 Å². The number of hydrogen-bond donors (Lipinski definition) is 1. The molecule has 1 aliphatic heterocycles. The fraction of sp³-hybridized carbons (Fsp3) is 0.412. The number of carbonyl (C=O) groups excluding carboxylic acids is 1. The zero-order chi connectivity index (χ0) is 14.9. The van der Waals surface area contributed by atoms with E-state index in [1.807, 2.05) is 37.3 Å². The van der Waals surface area contributed by atoms with Crippen LogP contribution in [0.3, 0.4) is 0 Å². The predicted molar refractivity (Wildman–Crippen MR) is 82.1 cm³/mol. The molecule has 1 amide bonds. The number of pyridine rings is 1. The molecule has 1 unspecified atom stereocenters. The van der Waals surface area contributed by atoms with Gasteiger partial charge in [0, 0.05) is 18.5 Å². The van der Waals surface area contributed by atoms with Crippen LogP contribution in [0, 0.1) is 0 Å². The van der Waals surface area contributed by atoms with E-state index in [0.29, 0.717) is 25.2 Å². The molecule has 1 aromatic carbocycles. The molecule has 110 valence electrons. The smallest absolute Gasteiger partial charge is 0.272 e. The third-order valence-corrected chi connectivity index (χ3v) is 4.17. The Kier molecular flexibility index (Phi) is 3.64. The summed E-state index contributed by atoms with van der Waals surface area (Å²) in [6.07, 6.45) is 2.18. The number of benzene rings is 1. The average molecular weight is 284 g/mol. The standard InChI is InChI=1S/C17H20N2O2/c1-17(21)9-4-11-19(12-10-17)16(20)15-8-7-13-5-2-3-6-14(13)18-15/h2-3,5-8,21H,4,9-12H2,1H3. The molecule has 1 fully saturated rings. The Hall–Kier alpha value is -1.94. The molecule has 2 heterocycles. The van der Waals surface area contributed by atoms with Crippen molar-refractivity contribution in [2.75, 3.05) is 13.1 Å². The predicted octanol–water partition coefficient (Wildman–Crippen LogP) is 2.61. The SMILES string of the molecule is CC1(O)CCCN(C(=O)c2ccc3ccccc3n2)CC1. The van der Waals surface area contributed by atoms with Crippen LogP contribution in [0.1, 0.15) is 36.7 Å². The lowest BCUT2D eigenvalue weighted by Gasteiger charge is -2.22. The van der Waals surface area contributed by atoms with Gasteiger partial charge in [-0.3, -0.25) is 4.79 Å². The highest BCUT2D eigenvalue weighted by Gasteiger charge is 2.27. The van der Waals surface area contributed by atoms with E-state index in [4.69, 9.17) is 0 Å². The molecule has 3 rings (SSSR count). The topological polar surface area (TPSA) is 53.4 Å². The third kappa shape index (κ3) is 3.05. The van der Waals surface area contributed by atoms with E-state index in [9.17, 15) is 9.90 Å². The van der Waals surface area contributed by atoms with Gasteiger partial charge < -0.3 is 10.0 Å². The first-order valence-electron chi connectivity index (χ1n) is 7.43. The molecule has 0 radical (unpaired) electrons. The van der Waals surface area contributed by atoms with Crippen LogP contribution in [0.15, 0.2) is 36.4 Å². The fourth-order valence-corrected chi connectivity index (χ4v) is 2.81. The van der Waals surface area contributed by atoms with Gasteiger partial charge in [-0.2, -0.15) is 0 Å². The van der Waals surface area contributed by atoms with Crippen molar-refractivity contribution in [2.24, 2.45) is 0 Å². The summed E-state index contributed by atoms with van der Waals surface area (Å²) in [5, 5.41) is 11.1. The van der Waals surface area contributed by atoms with Crippen molar-refractivity contribution in [3.8, 4) is 0 Å². The van der Waals surface area contributed by atoms with E-state index < -0.39 is 5.60 Å². The van der Waals surface area contributed by atoms with Crippen LogP contribution >= 0.6 is 0 Å². The summed E-state index contributed by atoms with van der Waals surface area (Å²) in [5.41, 5.74) is 0.659. The maximum atomic E-state index is 12.6. The second kappa shape index (κ2) is 5.45. The van der Waals surface area contributed by atoms with E-state index in [1.165, 1.54) is 0 Å². The number of likely N-dealkylation sites (tertiary alicyclic amines) is 1. The highest BCUT2D eigenvalue weighted by molar-refractivity contribution is 5.94. The minimum absolute atomic E-state index is 0.0431. The summed E-state index contributed by atoms with van der Waals surface area (Å²) in [7, 11) is 0. The van der Waals surface area contributed by atoms with Crippen molar-refractivity contribution in [1.82, 2.24) is 9.88 Å². The van der Waals surface area contributed by atoms with Gasteiger partial charge in [0.15, 0.2) is 0 Å². The summed E-state index contributed by atoms with van der Waals surface area (Å²) < 4.78 is 0. The molecule has 1 aliphatic rings. The van der Waals surface area contributed by atoms with Crippen LogP contribution in [-0.4, -0.2) is 39.6 Å². The summed E-state index contributed by atoms with van der Waals surface area (Å²) in [4.78, 5) is 18.9. The quantitative estimate of drug-likeness (QED) is 0.875. The van der Waals surface area contributed by atoms with Crippen molar-refractivity contribution in [2.45, 2.75) is 31.8 Å². The summed E-state index contributed by atoms with van der Waals surface area (Å²) in [6, 6.07) is 11.5. The first-order valence-corrected chi connectivity index (χ1v) is 7.43. The molecular formula is C17H20N2O2. The number of amides is 1. The van der Waals surface area contributed by atoms with Crippen LogP contribution in [0.25, 0.3) is 10.9 Å². The van der Waals surface area contributed by atoms with Crippen molar-refractivity contribution in [3.63, 3.8) is 0 Å². The van der Waals surface area contributed by atoms with Gasteiger partial charge in [0.05, 0.1) is 11.1 Å². The number of rotatable bonds is 1. The Morgan fingerprint density at radius 3 is 2.86 bits per heavy atom. The average Bonchev–Trinajstić information content (AvgIpc) is 2.67. The van der Waals surface area contributed by atoms with E-state index in [2.05, 4.69) is 4.98 Å². The highest BCUT2D eigenvalue weighted by atomic mass is 16.3. The zero-order valence-corrected chi connectivity index (χ0v) is 12.2. The summed E-state index contributed by atoms with van der Waals surface area (Å²) >= 11 is 0. The Bertz CT molecular complexity index is 667. The van der Waals surface area contributed by atoms with Gasteiger partial charge in [-0.05, 0) is 38.3 Å². The van der Waals surface area contributed by atoms with Crippen molar-refractivity contribution < 1.29 is 9.90 Å². The van der Waals surface area contributed by atoms with Gasteiger partial charge in [-0.25, -0.2) is 4.98 Å². The molecule has 1 saturated heterocycles. The number of fused-ring (bicyclic) bond motifs is 1. The lowest BCUT2D eigenvalue weighted by atomic mass is 9.98. The molecule has 0 aliphatic carbocycles. The summed E-state index contributed by atoms with van der Waals surface area (Å²) in [5.74, 6) is -0.0431. The van der Waals surface area contributed by atoms with Crippen molar-refractivity contribution >= 4 is 16.8 Å². The fourth-order valence-electron chi connectivity index (χ4n) is 2.81. The van der Waals surface area contributed by atoms with Gasteiger partial charge in [0.2, 0.25) is 0 Å². The monoisotopic (exact) mass is 284 g/mol. The molecule has 1 aromatic heterocycles. The summed E-state index contributed by atoms with van der Waals surface area (Å²) in [6.45, 7) is 3.11. The first-order chi connectivity index (χ1) is 10.1. The molecule has 21 heavy (non-hydrogen) atoms. The van der Waals surface area contributed by atoms with Crippen LogP contribution < -0.4 is 0 Å². The normalized spacial score (nSPS) is 23.0. The molecule has 0 saturated carbocycles. The number of hydrogen-bond acceptors (Lipinski definition) is 3. The van der Waals surface area contributed by atoms with Gasteiger partial charge in [-0.15, -0.1) is 0 Å². The Labute approximate surface area is 124 Å². The molecule has 4 nitrogen and oxygen atoms in total. The van der Waals surface area contributed by atoms with E-state index in [-0.39, 0.29) is 5.91 Å². The van der Waals surface area contributed by atoms with E-state index in [0.717, 1.165) is 23.7 Å². The first kappa shape index (κ1) is 14.0. The molecule has 1 atom stereocenters. The number of para-hydroxylation sites is 1. The number of carbonyl (C=O) groups is 1. The van der Waals surface area contributed by atoms with Crippen molar-refractivity contribution in [1.29, 1.82) is 0 Å². The molecule has 0 bridgehead atoms. The van der Waals surface area contributed by atoms with Gasteiger partial charge in [-0.1, -0.05) is 24.3 Å². The molecule has 1 N–H and O–H groups in total. The minimum atomic E-state index is -0.661. The number of nitrogens with zero attached hydrogens (tertiary/aromatic N) is 2. The number of aromatic nitrogens is 1. The second-order valence-corrected chi connectivity index (χ2v) is 6.03. The largest absolute Gasteiger partial charge is 0.390 e. The maximum Gasteiger partial charge on any atom is 0.272 e. The Morgan fingerprint density at radius 2 is 2.00 bits per heavy atom. The van der Waals surface area contributed by atoms with Crippen LogP contribution in [-0.2, 0) is 0 Å². The molecule has 0 spiro atoms. The molecule has 4 heteroatoms. The van der Waals surface area contributed by atoms with Gasteiger partial charge >= 0.3 is 0 Å². The molecule has 2 aromatic rings. The van der Waals surface area contributed by atoms with Gasteiger partial charge in [0.1, 0.15) is 5.69 Å². The van der Waals surface area contributed by atoms with Gasteiger partial charge in [0.25, 0.3) is 5.91 Å².